The summed E-state index contributed by atoms with van der Waals surface area (Å²) in [5, 5.41) is 2.40. The van der Waals surface area contributed by atoms with Crippen molar-refractivity contribution in [2.45, 2.75) is 26.3 Å². The third kappa shape index (κ3) is 1.82. The van der Waals surface area contributed by atoms with Crippen molar-refractivity contribution >= 4 is 11.8 Å². The SMILES string of the molecule is Cc1nc(CN2CC[C@]3(CC(=O)NC3=O)C2)co1. The van der Waals surface area contributed by atoms with Crippen LogP contribution in [0.3, 0.4) is 0 Å². The zero-order chi connectivity index (χ0) is 12.8. The third-order valence-corrected chi connectivity index (χ3v) is 3.72. The predicted octanol–water partition coefficient (Wildman–Crippen LogP) is 0.222. The van der Waals surface area contributed by atoms with Crippen LogP contribution in [0.2, 0.25) is 0 Å². The highest BCUT2D eigenvalue weighted by molar-refractivity contribution is 6.06. The summed E-state index contributed by atoms with van der Waals surface area (Å²) >= 11 is 0. The first kappa shape index (κ1) is 11.4. The number of hydrogen-bond acceptors (Lipinski definition) is 5. The van der Waals surface area contributed by atoms with Gasteiger partial charge in [0, 0.05) is 26.4 Å². The molecule has 3 rings (SSSR count). The summed E-state index contributed by atoms with van der Waals surface area (Å²) in [7, 11) is 0. The van der Waals surface area contributed by atoms with Crippen LogP contribution in [0, 0.1) is 12.3 Å². The Bertz CT molecular complexity index is 510. The van der Waals surface area contributed by atoms with Crippen molar-refractivity contribution in [3.05, 3.63) is 17.8 Å². The van der Waals surface area contributed by atoms with E-state index >= 15 is 0 Å². The fourth-order valence-corrected chi connectivity index (χ4v) is 2.82. The van der Waals surface area contributed by atoms with Crippen molar-refractivity contribution in [2.75, 3.05) is 13.1 Å². The molecule has 2 fully saturated rings. The number of aryl methyl sites for hydroxylation is 1. The Morgan fingerprint density at radius 1 is 1.56 bits per heavy atom. The molecule has 0 saturated carbocycles. The van der Waals surface area contributed by atoms with Crippen molar-refractivity contribution in [1.82, 2.24) is 15.2 Å². The van der Waals surface area contributed by atoms with E-state index < -0.39 is 5.41 Å². The quantitative estimate of drug-likeness (QED) is 0.759. The molecule has 2 aliphatic heterocycles. The first-order valence-corrected chi connectivity index (χ1v) is 6.05. The monoisotopic (exact) mass is 249 g/mol. The molecule has 0 aromatic carbocycles. The Hall–Kier alpha value is -1.69. The maximum absolute atomic E-state index is 11.8. The molecule has 1 spiro atoms. The molecule has 18 heavy (non-hydrogen) atoms. The van der Waals surface area contributed by atoms with Gasteiger partial charge in [0.15, 0.2) is 5.89 Å². The average molecular weight is 249 g/mol. The Labute approximate surface area is 104 Å². The molecule has 0 radical (unpaired) electrons. The molecular formula is C12H15N3O3. The second-order valence-electron chi connectivity index (χ2n) is 5.15. The van der Waals surface area contributed by atoms with E-state index in [0.29, 0.717) is 25.4 Å². The summed E-state index contributed by atoms with van der Waals surface area (Å²) < 4.78 is 5.16. The molecule has 6 nitrogen and oxygen atoms in total. The number of aromatic nitrogens is 1. The summed E-state index contributed by atoms with van der Waals surface area (Å²) in [6, 6.07) is 0. The number of carbonyl (C=O) groups excluding carboxylic acids is 2. The summed E-state index contributed by atoms with van der Waals surface area (Å²) in [5.74, 6) is 0.373. The largest absolute Gasteiger partial charge is 0.449 e. The van der Waals surface area contributed by atoms with Gasteiger partial charge in [-0.3, -0.25) is 19.8 Å². The number of imide groups is 1. The molecule has 1 atom stereocenters. The Morgan fingerprint density at radius 2 is 2.39 bits per heavy atom. The zero-order valence-corrected chi connectivity index (χ0v) is 10.2. The number of nitrogens with zero attached hydrogens (tertiary/aromatic N) is 2. The Balaban J connectivity index is 1.68. The molecule has 2 aliphatic rings. The van der Waals surface area contributed by atoms with Gasteiger partial charge in [0.2, 0.25) is 11.8 Å². The normalized spacial score (nSPS) is 28.3. The number of hydrogen-bond donors (Lipinski definition) is 1. The molecule has 1 aromatic rings. The second kappa shape index (κ2) is 3.91. The molecule has 1 N–H and O–H groups in total. The van der Waals surface area contributed by atoms with Gasteiger partial charge >= 0.3 is 0 Å². The van der Waals surface area contributed by atoms with E-state index in [-0.39, 0.29) is 11.8 Å². The first-order chi connectivity index (χ1) is 8.57. The minimum absolute atomic E-state index is 0.119. The minimum Gasteiger partial charge on any atom is -0.449 e. The number of oxazole rings is 1. The van der Waals surface area contributed by atoms with Gasteiger partial charge in [0.1, 0.15) is 6.26 Å². The molecule has 2 amide bonds. The highest BCUT2D eigenvalue weighted by Crippen LogP contribution is 2.37. The van der Waals surface area contributed by atoms with Gasteiger partial charge in [-0.05, 0) is 13.0 Å². The summed E-state index contributed by atoms with van der Waals surface area (Å²) in [4.78, 5) is 29.5. The van der Waals surface area contributed by atoms with E-state index in [1.165, 1.54) is 0 Å². The smallest absolute Gasteiger partial charge is 0.234 e. The van der Waals surface area contributed by atoms with Crippen LogP contribution in [0.4, 0.5) is 0 Å². The molecule has 2 saturated heterocycles. The zero-order valence-electron chi connectivity index (χ0n) is 10.2. The molecule has 96 valence electrons. The molecule has 3 heterocycles. The van der Waals surface area contributed by atoms with Crippen LogP contribution in [0.25, 0.3) is 0 Å². The molecule has 0 bridgehead atoms. The van der Waals surface area contributed by atoms with Crippen LogP contribution in [-0.4, -0.2) is 34.8 Å². The van der Waals surface area contributed by atoms with Crippen LogP contribution in [0.15, 0.2) is 10.7 Å². The van der Waals surface area contributed by atoms with Crippen LogP contribution in [0.1, 0.15) is 24.4 Å². The summed E-state index contributed by atoms with van der Waals surface area (Å²) in [5.41, 5.74) is 0.366. The number of likely N-dealkylation sites (tertiary alicyclic amines) is 1. The fraction of sp³-hybridized carbons (Fsp3) is 0.583. The van der Waals surface area contributed by atoms with Gasteiger partial charge in [-0.1, -0.05) is 0 Å². The van der Waals surface area contributed by atoms with Gasteiger partial charge in [-0.2, -0.15) is 0 Å². The van der Waals surface area contributed by atoms with E-state index in [2.05, 4.69) is 15.2 Å². The van der Waals surface area contributed by atoms with Gasteiger partial charge in [-0.25, -0.2) is 4.98 Å². The number of amides is 2. The summed E-state index contributed by atoms with van der Waals surface area (Å²) in [6.45, 7) is 3.90. The number of carbonyl (C=O) groups is 2. The third-order valence-electron chi connectivity index (χ3n) is 3.72. The molecule has 6 heteroatoms. The van der Waals surface area contributed by atoms with E-state index in [1.807, 2.05) is 0 Å². The Morgan fingerprint density at radius 3 is 3.00 bits per heavy atom. The van der Waals surface area contributed by atoms with Gasteiger partial charge < -0.3 is 4.42 Å². The predicted molar refractivity (Wildman–Crippen MR) is 61.3 cm³/mol. The van der Waals surface area contributed by atoms with E-state index in [9.17, 15) is 9.59 Å². The van der Waals surface area contributed by atoms with E-state index in [0.717, 1.165) is 18.7 Å². The van der Waals surface area contributed by atoms with Crippen LogP contribution >= 0.6 is 0 Å². The lowest BCUT2D eigenvalue weighted by atomic mass is 9.85. The van der Waals surface area contributed by atoms with Crippen molar-refractivity contribution in [3.63, 3.8) is 0 Å². The van der Waals surface area contributed by atoms with E-state index in [4.69, 9.17) is 4.42 Å². The van der Waals surface area contributed by atoms with Crippen LogP contribution in [0.5, 0.6) is 0 Å². The number of rotatable bonds is 2. The minimum atomic E-state index is -0.504. The van der Waals surface area contributed by atoms with Crippen molar-refractivity contribution in [2.24, 2.45) is 5.41 Å². The van der Waals surface area contributed by atoms with Gasteiger partial charge in [-0.15, -0.1) is 0 Å². The molecule has 0 aliphatic carbocycles. The van der Waals surface area contributed by atoms with Gasteiger partial charge in [0.05, 0.1) is 11.1 Å². The van der Waals surface area contributed by atoms with E-state index in [1.54, 1.807) is 13.2 Å². The maximum Gasteiger partial charge on any atom is 0.234 e. The molecular weight excluding hydrogens is 234 g/mol. The highest BCUT2D eigenvalue weighted by Gasteiger charge is 2.50. The lowest BCUT2D eigenvalue weighted by molar-refractivity contribution is -0.128. The van der Waals surface area contributed by atoms with Crippen LogP contribution < -0.4 is 5.32 Å². The lowest BCUT2D eigenvalue weighted by Crippen LogP contribution is -2.34. The lowest BCUT2D eigenvalue weighted by Gasteiger charge is -2.19. The molecule has 1 aromatic heterocycles. The number of nitrogens with one attached hydrogen (secondary N) is 1. The average Bonchev–Trinajstić information content (AvgIpc) is 2.93. The van der Waals surface area contributed by atoms with Crippen molar-refractivity contribution < 1.29 is 14.0 Å². The van der Waals surface area contributed by atoms with Crippen LogP contribution in [-0.2, 0) is 16.1 Å². The topological polar surface area (TPSA) is 75.4 Å². The fourth-order valence-electron chi connectivity index (χ4n) is 2.82. The standard InChI is InChI=1S/C12H15N3O3/c1-8-13-9(6-18-8)5-15-3-2-12(7-15)4-10(16)14-11(12)17/h6H,2-5,7H2,1H3,(H,14,16,17)/t12-/m0/s1. The highest BCUT2D eigenvalue weighted by atomic mass is 16.3. The van der Waals surface area contributed by atoms with Gasteiger partial charge in [0.25, 0.3) is 0 Å². The Kier molecular flexibility index (Phi) is 2.48. The second-order valence-corrected chi connectivity index (χ2v) is 5.15. The summed E-state index contributed by atoms with van der Waals surface area (Å²) in [6.07, 6.45) is 2.70. The first-order valence-electron chi connectivity index (χ1n) is 6.05. The van der Waals surface area contributed by atoms with Crippen molar-refractivity contribution in [1.29, 1.82) is 0 Å². The molecule has 0 unspecified atom stereocenters. The maximum atomic E-state index is 11.8. The van der Waals surface area contributed by atoms with Crippen molar-refractivity contribution in [3.8, 4) is 0 Å².